The summed E-state index contributed by atoms with van der Waals surface area (Å²) in [5.41, 5.74) is 1.75. The minimum Gasteiger partial charge on any atom is -0.478 e. The van der Waals surface area contributed by atoms with E-state index >= 15 is 0 Å². The highest BCUT2D eigenvalue weighted by molar-refractivity contribution is 5.87. The van der Waals surface area contributed by atoms with Crippen molar-refractivity contribution in [1.82, 2.24) is 4.90 Å². The Balaban J connectivity index is 1.71. The number of ether oxygens (including phenoxy) is 1. The molecule has 1 spiro atoms. The van der Waals surface area contributed by atoms with Crippen LogP contribution in [0.2, 0.25) is 0 Å². The highest BCUT2D eigenvalue weighted by Gasteiger charge is 2.56. The van der Waals surface area contributed by atoms with Gasteiger partial charge in [0.1, 0.15) is 0 Å². The molecule has 0 bridgehead atoms. The van der Waals surface area contributed by atoms with Gasteiger partial charge >= 0.3 is 5.97 Å². The van der Waals surface area contributed by atoms with Crippen LogP contribution in [0.25, 0.3) is 0 Å². The zero-order valence-corrected chi connectivity index (χ0v) is 14.8. The summed E-state index contributed by atoms with van der Waals surface area (Å²) < 4.78 is 6.05. The van der Waals surface area contributed by atoms with Gasteiger partial charge in [-0.3, -0.25) is 4.90 Å². The summed E-state index contributed by atoms with van der Waals surface area (Å²) in [6.07, 6.45) is 8.00. The lowest BCUT2D eigenvalue weighted by Gasteiger charge is -2.60. The molecular weight excluding hydrogens is 302 g/mol. The van der Waals surface area contributed by atoms with E-state index in [0.29, 0.717) is 23.1 Å². The molecule has 2 unspecified atom stereocenters. The van der Waals surface area contributed by atoms with Crippen molar-refractivity contribution < 1.29 is 14.6 Å². The molecule has 2 fully saturated rings. The topological polar surface area (TPSA) is 49.8 Å². The monoisotopic (exact) mass is 331 g/mol. The van der Waals surface area contributed by atoms with Crippen molar-refractivity contribution >= 4 is 5.97 Å². The summed E-state index contributed by atoms with van der Waals surface area (Å²) in [5, 5.41) is 9.17. The van der Waals surface area contributed by atoms with Crippen LogP contribution in [0.5, 0.6) is 0 Å². The first-order chi connectivity index (χ1) is 11.6. The van der Waals surface area contributed by atoms with Gasteiger partial charge in [0.2, 0.25) is 0 Å². The summed E-state index contributed by atoms with van der Waals surface area (Å²) >= 11 is 0. The van der Waals surface area contributed by atoms with E-state index in [1.54, 1.807) is 12.1 Å². The van der Waals surface area contributed by atoms with Gasteiger partial charge in [-0.25, -0.2) is 4.79 Å². The average molecular weight is 331 g/mol. The molecule has 1 N–H and O–H groups in total. The van der Waals surface area contributed by atoms with E-state index in [4.69, 9.17) is 4.74 Å². The molecule has 0 aliphatic heterocycles. The third-order valence-corrected chi connectivity index (χ3v) is 6.03. The van der Waals surface area contributed by atoms with E-state index in [2.05, 4.69) is 18.9 Å². The van der Waals surface area contributed by atoms with E-state index in [9.17, 15) is 9.90 Å². The molecule has 1 aromatic rings. The second-order valence-electron chi connectivity index (χ2n) is 7.41. The largest absolute Gasteiger partial charge is 0.478 e. The lowest BCUT2D eigenvalue weighted by molar-refractivity contribution is -0.180. The number of hydrogen-bond donors (Lipinski definition) is 1. The van der Waals surface area contributed by atoms with Gasteiger partial charge in [-0.2, -0.15) is 0 Å². The zero-order valence-electron chi connectivity index (χ0n) is 14.8. The second kappa shape index (κ2) is 7.24. The van der Waals surface area contributed by atoms with E-state index in [0.717, 1.165) is 25.1 Å². The molecule has 132 valence electrons. The molecule has 2 aliphatic rings. The lowest BCUT2D eigenvalue weighted by Crippen LogP contribution is -2.64. The molecule has 24 heavy (non-hydrogen) atoms. The standard InChI is InChI=1S/C20H29NO3/c1-3-24-18-13-17(20(18)10-5-4-6-11-20)21(2)14-15-8-7-9-16(12-15)19(22)23/h7-9,12,17-18H,3-6,10-11,13-14H2,1-2H3,(H,22,23). The number of aromatic carboxylic acids is 1. The molecule has 2 atom stereocenters. The highest BCUT2D eigenvalue weighted by atomic mass is 16.5. The fourth-order valence-electron chi connectivity index (χ4n) is 4.85. The Kier molecular flexibility index (Phi) is 5.26. The first-order valence-corrected chi connectivity index (χ1v) is 9.21. The first kappa shape index (κ1) is 17.4. The second-order valence-corrected chi connectivity index (χ2v) is 7.41. The van der Waals surface area contributed by atoms with Crippen LogP contribution in [0.3, 0.4) is 0 Å². The van der Waals surface area contributed by atoms with Gasteiger partial charge in [0.05, 0.1) is 11.7 Å². The van der Waals surface area contributed by atoms with Gasteiger partial charge in [-0.1, -0.05) is 31.4 Å². The van der Waals surface area contributed by atoms with Crippen LogP contribution in [-0.2, 0) is 11.3 Å². The molecule has 2 aliphatic carbocycles. The van der Waals surface area contributed by atoms with E-state index < -0.39 is 5.97 Å². The molecule has 3 rings (SSSR count). The van der Waals surface area contributed by atoms with Crippen LogP contribution < -0.4 is 0 Å². The average Bonchev–Trinajstić information content (AvgIpc) is 2.59. The van der Waals surface area contributed by atoms with Crippen molar-refractivity contribution in [3.05, 3.63) is 35.4 Å². The fraction of sp³-hybridized carbons (Fsp3) is 0.650. The number of benzene rings is 1. The maximum absolute atomic E-state index is 11.2. The number of carboxylic acids is 1. The van der Waals surface area contributed by atoms with Crippen molar-refractivity contribution in [1.29, 1.82) is 0 Å². The summed E-state index contributed by atoms with van der Waals surface area (Å²) in [6.45, 7) is 3.68. The Morgan fingerprint density at radius 3 is 2.75 bits per heavy atom. The maximum atomic E-state index is 11.2. The van der Waals surface area contributed by atoms with Crippen molar-refractivity contribution in [2.75, 3.05) is 13.7 Å². The highest BCUT2D eigenvalue weighted by Crippen LogP contribution is 2.55. The maximum Gasteiger partial charge on any atom is 0.335 e. The number of carboxylic acid groups (broad SMARTS) is 1. The molecular formula is C20H29NO3. The van der Waals surface area contributed by atoms with Crippen LogP contribution in [0, 0.1) is 5.41 Å². The van der Waals surface area contributed by atoms with Gasteiger partial charge < -0.3 is 9.84 Å². The molecule has 0 amide bonds. The molecule has 0 aromatic heterocycles. The van der Waals surface area contributed by atoms with Crippen LogP contribution in [0.4, 0.5) is 0 Å². The van der Waals surface area contributed by atoms with Gasteiger partial charge in [0, 0.05) is 24.6 Å². The number of carbonyl (C=O) groups is 1. The van der Waals surface area contributed by atoms with Crippen LogP contribution >= 0.6 is 0 Å². The molecule has 0 saturated heterocycles. The SMILES string of the molecule is CCOC1CC(N(C)Cc2cccc(C(=O)O)c2)C12CCCCC2. The quantitative estimate of drug-likeness (QED) is 0.857. The zero-order chi connectivity index (χ0) is 17.2. The van der Waals surface area contributed by atoms with Crippen molar-refractivity contribution in [3.63, 3.8) is 0 Å². The Morgan fingerprint density at radius 1 is 1.33 bits per heavy atom. The predicted molar refractivity (Wildman–Crippen MR) is 94.2 cm³/mol. The molecule has 4 heteroatoms. The van der Waals surface area contributed by atoms with Gasteiger partial charge in [-0.15, -0.1) is 0 Å². The molecule has 4 nitrogen and oxygen atoms in total. The summed E-state index contributed by atoms with van der Waals surface area (Å²) in [4.78, 5) is 13.6. The summed E-state index contributed by atoms with van der Waals surface area (Å²) in [6, 6.07) is 7.86. The first-order valence-electron chi connectivity index (χ1n) is 9.21. The van der Waals surface area contributed by atoms with Gasteiger partial charge in [0.25, 0.3) is 0 Å². The summed E-state index contributed by atoms with van der Waals surface area (Å²) in [5.74, 6) is -0.858. The normalized spacial score (nSPS) is 25.6. The molecule has 1 aromatic carbocycles. The van der Waals surface area contributed by atoms with Gasteiger partial charge in [-0.05, 0) is 50.9 Å². The molecule has 2 saturated carbocycles. The Hall–Kier alpha value is -1.39. The van der Waals surface area contributed by atoms with E-state index in [1.807, 2.05) is 12.1 Å². The van der Waals surface area contributed by atoms with Crippen molar-refractivity contribution in [2.45, 2.75) is 64.1 Å². The Morgan fingerprint density at radius 2 is 2.08 bits per heavy atom. The third kappa shape index (κ3) is 3.22. The third-order valence-electron chi connectivity index (χ3n) is 6.03. The summed E-state index contributed by atoms with van der Waals surface area (Å²) in [7, 11) is 2.18. The van der Waals surface area contributed by atoms with Gasteiger partial charge in [0.15, 0.2) is 0 Å². The van der Waals surface area contributed by atoms with Crippen LogP contribution in [0.1, 0.15) is 61.4 Å². The number of nitrogens with zero attached hydrogens (tertiary/aromatic N) is 1. The molecule has 0 radical (unpaired) electrons. The Labute approximate surface area is 144 Å². The number of rotatable bonds is 6. The fourth-order valence-corrected chi connectivity index (χ4v) is 4.85. The van der Waals surface area contributed by atoms with Crippen molar-refractivity contribution in [2.24, 2.45) is 5.41 Å². The van der Waals surface area contributed by atoms with E-state index in [1.165, 1.54) is 32.1 Å². The molecule has 0 heterocycles. The Bertz CT molecular complexity index is 580. The predicted octanol–water partition coefficient (Wildman–Crippen LogP) is 3.94. The van der Waals surface area contributed by atoms with Crippen LogP contribution in [-0.4, -0.2) is 41.8 Å². The van der Waals surface area contributed by atoms with E-state index in [-0.39, 0.29) is 0 Å². The number of hydrogen-bond acceptors (Lipinski definition) is 3. The van der Waals surface area contributed by atoms with Crippen LogP contribution in [0.15, 0.2) is 24.3 Å². The lowest BCUT2D eigenvalue weighted by atomic mass is 9.54. The minimum atomic E-state index is -0.858. The minimum absolute atomic E-state index is 0.313. The smallest absolute Gasteiger partial charge is 0.335 e. The van der Waals surface area contributed by atoms with Crippen molar-refractivity contribution in [3.8, 4) is 0 Å².